The van der Waals surface area contributed by atoms with Crippen LogP contribution in [0.5, 0.6) is 5.75 Å². The molecule has 1 aliphatic rings. The molecular formula is C31H36F3N3O5. The highest BCUT2D eigenvalue weighted by atomic mass is 19.1. The predicted molar refractivity (Wildman–Crippen MR) is 152 cm³/mol. The highest BCUT2D eigenvalue weighted by molar-refractivity contribution is 5.67. The van der Waals surface area contributed by atoms with E-state index in [2.05, 4.69) is 5.32 Å². The number of nitrogens with one attached hydrogen (secondary N) is 1. The summed E-state index contributed by atoms with van der Waals surface area (Å²) in [7, 11) is 1.29. The maximum absolute atomic E-state index is 15.5. The number of hydrogen-bond donors (Lipinski definition) is 2. The number of hydrogen-bond acceptors (Lipinski definition) is 5. The van der Waals surface area contributed by atoms with E-state index in [1.165, 1.54) is 38.3 Å². The quantitative estimate of drug-likeness (QED) is 0.294. The van der Waals surface area contributed by atoms with Gasteiger partial charge in [-0.15, -0.1) is 0 Å². The maximum atomic E-state index is 15.5. The van der Waals surface area contributed by atoms with E-state index in [1.54, 1.807) is 0 Å². The largest absolute Gasteiger partial charge is 0.494 e. The average Bonchev–Trinajstić information content (AvgIpc) is 2.97. The Morgan fingerprint density at radius 2 is 1.71 bits per heavy atom. The molecule has 1 unspecified atom stereocenters. The van der Waals surface area contributed by atoms with Crippen LogP contribution < -0.4 is 21.3 Å². The second kappa shape index (κ2) is 13.9. The molecule has 11 heteroatoms. The molecule has 1 heterocycles. The average molecular weight is 588 g/mol. The van der Waals surface area contributed by atoms with Gasteiger partial charge in [0.15, 0.2) is 11.6 Å². The number of carboxylic acids is 1. The first-order valence-corrected chi connectivity index (χ1v) is 14.2. The van der Waals surface area contributed by atoms with Gasteiger partial charge < -0.3 is 15.2 Å². The Balaban J connectivity index is 1.87. The molecule has 0 aliphatic heterocycles. The summed E-state index contributed by atoms with van der Waals surface area (Å²) in [5.74, 6) is -3.41. The molecule has 42 heavy (non-hydrogen) atoms. The molecule has 1 atom stereocenters. The van der Waals surface area contributed by atoms with Crippen LogP contribution in [0, 0.1) is 30.3 Å². The number of carbonyl (C=O) groups is 1. The van der Waals surface area contributed by atoms with Crippen LogP contribution in [0.4, 0.5) is 13.2 Å². The van der Waals surface area contributed by atoms with Crippen LogP contribution >= 0.6 is 0 Å². The van der Waals surface area contributed by atoms with Crippen molar-refractivity contribution in [1.82, 2.24) is 14.5 Å². The highest BCUT2D eigenvalue weighted by Gasteiger charge is 2.28. The fraction of sp³-hybridized carbons (Fsp3) is 0.452. The Kier molecular flexibility index (Phi) is 10.3. The number of aliphatic carboxylic acids is 1. The number of halogens is 3. The molecule has 1 aliphatic carbocycles. The highest BCUT2D eigenvalue weighted by Crippen LogP contribution is 2.30. The molecular weight excluding hydrogens is 551 g/mol. The van der Waals surface area contributed by atoms with Gasteiger partial charge in [-0.3, -0.25) is 18.7 Å². The number of rotatable bonds is 12. The number of benzene rings is 2. The van der Waals surface area contributed by atoms with Crippen molar-refractivity contribution in [3.05, 3.63) is 85.9 Å². The summed E-state index contributed by atoms with van der Waals surface area (Å²) in [6, 6.07) is 7.34. The lowest BCUT2D eigenvalue weighted by Gasteiger charge is -2.32. The third-order valence-corrected chi connectivity index (χ3v) is 8.09. The minimum absolute atomic E-state index is 0.0326. The number of carboxylic acid groups (broad SMARTS) is 1. The van der Waals surface area contributed by atoms with Crippen molar-refractivity contribution < 1.29 is 27.8 Å². The molecule has 0 saturated heterocycles. The molecule has 0 bridgehead atoms. The first kappa shape index (κ1) is 31.1. The molecule has 2 aromatic carbocycles. The van der Waals surface area contributed by atoms with Crippen molar-refractivity contribution in [2.75, 3.05) is 13.7 Å². The van der Waals surface area contributed by atoms with Crippen LogP contribution in [-0.2, 0) is 17.9 Å². The fourth-order valence-corrected chi connectivity index (χ4v) is 5.80. The summed E-state index contributed by atoms with van der Waals surface area (Å²) in [6.45, 7) is 1.22. The van der Waals surface area contributed by atoms with Crippen molar-refractivity contribution in [2.45, 2.75) is 71.0 Å². The third kappa shape index (κ3) is 6.78. The summed E-state index contributed by atoms with van der Waals surface area (Å²) < 4.78 is 52.1. The van der Waals surface area contributed by atoms with Gasteiger partial charge in [0.05, 0.1) is 19.2 Å². The van der Waals surface area contributed by atoms with Gasteiger partial charge in [0.2, 0.25) is 0 Å². The number of aromatic nitrogens is 2. The van der Waals surface area contributed by atoms with Crippen molar-refractivity contribution >= 4 is 5.97 Å². The number of ether oxygens (including phenoxy) is 1. The third-order valence-electron chi connectivity index (χ3n) is 8.09. The molecule has 8 nitrogen and oxygen atoms in total. The Morgan fingerprint density at radius 1 is 1.05 bits per heavy atom. The fourth-order valence-electron chi connectivity index (χ4n) is 5.80. The van der Waals surface area contributed by atoms with E-state index in [4.69, 9.17) is 9.84 Å². The van der Waals surface area contributed by atoms with Crippen molar-refractivity contribution in [2.24, 2.45) is 5.92 Å². The molecule has 2 N–H and O–H groups in total. The molecule has 1 aromatic heterocycles. The predicted octanol–water partition coefficient (Wildman–Crippen LogP) is 4.86. The second-order valence-electron chi connectivity index (χ2n) is 10.7. The SMILES string of the molecule is COc1cccc(-c2c(C)n(Cc3c(F)cccc3F)c(=O)n(CC(NCCCC(=O)O)C3CCCCC3)c2=O)c1F. The molecule has 0 radical (unpaired) electrons. The normalized spacial score (nSPS) is 14.6. The van der Waals surface area contributed by atoms with Gasteiger partial charge in [-0.1, -0.05) is 37.5 Å². The standard InChI is InChI=1S/C31H36F3N3O5/c1-19-28(21-11-6-14-26(42-2)29(21)34)30(40)37(31(41)36(19)17-22-23(32)12-7-13-24(22)33)18-25(20-9-4-3-5-10-20)35-16-8-15-27(38)39/h6-7,11-14,20,25,35H,3-5,8-10,15-18H2,1-2H3,(H,38,39). The van der Waals surface area contributed by atoms with Crippen molar-refractivity contribution in [1.29, 1.82) is 0 Å². The summed E-state index contributed by atoms with van der Waals surface area (Å²) in [5, 5.41) is 12.4. The Hall–Kier alpha value is -3.86. The van der Waals surface area contributed by atoms with E-state index in [-0.39, 0.29) is 53.1 Å². The lowest BCUT2D eigenvalue weighted by atomic mass is 9.83. The number of methoxy groups -OCH3 is 1. The zero-order valence-corrected chi connectivity index (χ0v) is 23.8. The Labute approximate surface area is 241 Å². The summed E-state index contributed by atoms with van der Waals surface area (Å²) in [5.41, 5.74) is -2.03. The Bertz CT molecular complexity index is 1530. The van der Waals surface area contributed by atoms with Gasteiger partial charge in [0, 0.05) is 35.8 Å². The van der Waals surface area contributed by atoms with E-state index in [0.29, 0.717) is 13.0 Å². The minimum Gasteiger partial charge on any atom is -0.494 e. The lowest BCUT2D eigenvalue weighted by molar-refractivity contribution is -0.137. The van der Waals surface area contributed by atoms with Gasteiger partial charge in [-0.05, 0) is 56.8 Å². The van der Waals surface area contributed by atoms with E-state index in [9.17, 15) is 23.2 Å². The molecule has 4 rings (SSSR count). The molecule has 1 saturated carbocycles. The van der Waals surface area contributed by atoms with Crippen LogP contribution in [0.25, 0.3) is 11.1 Å². The second-order valence-corrected chi connectivity index (χ2v) is 10.7. The van der Waals surface area contributed by atoms with Gasteiger partial charge >= 0.3 is 11.7 Å². The van der Waals surface area contributed by atoms with Crippen LogP contribution in [0.2, 0.25) is 0 Å². The molecule has 0 spiro atoms. The molecule has 226 valence electrons. The molecule has 3 aromatic rings. The van der Waals surface area contributed by atoms with E-state index >= 15 is 4.39 Å². The molecule has 1 fully saturated rings. The topological polar surface area (TPSA) is 103 Å². The zero-order valence-electron chi connectivity index (χ0n) is 23.8. The minimum atomic E-state index is -0.922. The lowest BCUT2D eigenvalue weighted by Crippen LogP contribution is -2.49. The zero-order chi connectivity index (χ0) is 30.4. The monoisotopic (exact) mass is 587 g/mol. The van der Waals surface area contributed by atoms with Crippen molar-refractivity contribution in [3.63, 3.8) is 0 Å². The summed E-state index contributed by atoms with van der Waals surface area (Å²) in [4.78, 5) is 39.0. The van der Waals surface area contributed by atoms with Crippen molar-refractivity contribution in [3.8, 4) is 16.9 Å². The summed E-state index contributed by atoms with van der Waals surface area (Å²) >= 11 is 0. The smallest absolute Gasteiger partial charge is 0.331 e. The first-order valence-electron chi connectivity index (χ1n) is 14.2. The Morgan fingerprint density at radius 3 is 2.36 bits per heavy atom. The van der Waals surface area contributed by atoms with Crippen LogP contribution in [0.15, 0.2) is 46.0 Å². The van der Waals surface area contributed by atoms with Crippen LogP contribution in [-0.4, -0.2) is 39.9 Å². The summed E-state index contributed by atoms with van der Waals surface area (Å²) in [6.07, 6.45) is 5.10. The van der Waals surface area contributed by atoms with Gasteiger partial charge in [-0.2, -0.15) is 0 Å². The maximum Gasteiger partial charge on any atom is 0.331 e. The van der Waals surface area contributed by atoms with Crippen LogP contribution in [0.3, 0.4) is 0 Å². The first-order chi connectivity index (χ1) is 20.1. The number of nitrogens with zero attached hydrogens (tertiary/aromatic N) is 2. The van der Waals surface area contributed by atoms with Gasteiger partial charge in [0.1, 0.15) is 11.6 Å². The van der Waals surface area contributed by atoms with E-state index < -0.39 is 41.2 Å². The van der Waals surface area contributed by atoms with Crippen LogP contribution in [0.1, 0.15) is 56.2 Å². The van der Waals surface area contributed by atoms with Gasteiger partial charge in [-0.25, -0.2) is 18.0 Å². The van der Waals surface area contributed by atoms with E-state index in [0.717, 1.165) is 53.4 Å². The molecule has 0 amide bonds. The van der Waals surface area contributed by atoms with E-state index in [1.807, 2.05) is 0 Å². The van der Waals surface area contributed by atoms with Gasteiger partial charge in [0.25, 0.3) is 5.56 Å².